The fourth-order valence-corrected chi connectivity index (χ4v) is 2.80. The van der Waals surface area contributed by atoms with Crippen molar-refractivity contribution in [3.63, 3.8) is 0 Å². The molecule has 0 aromatic carbocycles. The second-order valence-electron chi connectivity index (χ2n) is 4.10. The van der Waals surface area contributed by atoms with E-state index < -0.39 is 0 Å². The number of aryl methyl sites for hydroxylation is 1. The molecule has 6 heteroatoms. The fraction of sp³-hybridized carbons (Fsp3) is 0.636. The lowest BCUT2D eigenvalue weighted by atomic mass is 10.2. The number of carbonyl (C=O) groups excluding carboxylic acids is 1. The van der Waals surface area contributed by atoms with Crippen molar-refractivity contribution >= 4 is 23.5 Å². The highest BCUT2D eigenvalue weighted by Crippen LogP contribution is 2.14. The molecule has 1 aliphatic heterocycles. The van der Waals surface area contributed by atoms with Crippen LogP contribution in [0.3, 0.4) is 0 Å². The van der Waals surface area contributed by atoms with Gasteiger partial charge in [-0.05, 0) is 6.42 Å². The lowest BCUT2D eigenvalue weighted by molar-refractivity contribution is -0.116. The summed E-state index contributed by atoms with van der Waals surface area (Å²) in [5.41, 5.74) is 1.05. The van der Waals surface area contributed by atoms with Gasteiger partial charge in [0, 0.05) is 36.1 Å². The zero-order chi connectivity index (χ0) is 12.1. The highest BCUT2D eigenvalue weighted by Gasteiger charge is 2.17. The van der Waals surface area contributed by atoms with Gasteiger partial charge < -0.3 is 10.6 Å². The number of carbonyl (C=O) groups is 1. The molecule has 94 valence electrons. The van der Waals surface area contributed by atoms with Crippen molar-refractivity contribution in [3.8, 4) is 0 Å². The molecule has 17 heavy (non-hydrogen) atoms. The quantitative estimate of drug-likeness (QED) is 0.750. The minimum atomic E-state index is 0.0453. The van der Waals surface area contributed by atoms with Gasteiger partial charge in [0.2, 0.25) is 5.91 Å². The van der Waals surface area contributed by atoms with Crippen LogP contribution in [0.4, 0.5) is 5.82 Å². The van der Waals surface area contributed by atoms with Crippen LogP contribution in [0.15, 0.2) is 6.20 Å². The van der Waals surface area contributed by atoms with E-state index in [2.05, 4.69) is 20.8 Å². The van der Waals surface area contributed by atoms with E-state index in [9.17, 15) is 4.79 Å². The molecular formula is C11H18N4OS. The Bertz CT molecular complexity index is 373. The van der Waals surface area contributed by atoms with Crippen LogP contribution >= 0.6 is 11.8 Å². The minimum absolute atomic E-state index is 0.0453. The molecule has 1 aromatic heterocycles. The monoisotopic (exact) mass is 254 g/mol. The second kappa shape index (κ2) is 6.07. The Labute approximate surface area is 105 Å². The molecule has 2 heterocycles. The van der Waals surface area contributed by atoms with Gasteiger partial charge in [-0.25, -0.2) is 0 Å². The maximum atomic E-state index is 11.8. The molecule has 0 aliphatic carbocycles. The van der Waals surface area contributed by atoms with Crippen molar-refractivity contribution in [2.45, 2.75) is 25.8 Å². The van der Waals surface area contributed by atoms with Crippen molar-refractivity contribution in [1.29, 1.82) is 0 Å². The third-order valence-corrected chi connectivity index (χ3v) is 3.92. The Kier molecular flexibility index (Phi) is 4.44. The summed E-state index contributed by atoms with van der Waals surface area (Å²) in [4.78, 5) is 11.8. The zero-order valence-corrected chi connectivity index (χ0v) is 10.8. The Morgan fingerprint density at radius 1 is 1.71 bits per heavy atom. The van der Waals surface area contributed by atoms with Crippen LogP contribution in [-0.4, -0.2) is 40.2 Å². The van der Waals surface area contributed by atoms with Crippen molar-refractivity contribution in [1.82, 2.24) is 15.5 Å². The summed E-state index contributed by atoms with van der Waals surface area (Å²) in [5.74, 6) is 2.93. The summed E-state index contributed by atoms with van der Waals surface area (Å²) in [7, 11) is 0. The Hall–Kier alpha value is -1.01. The van der Waals surface area contributed by atoms with Crippen molar-refractivity contribution in [2.24, 2.45) is 0 Å². The van der Waals surface area contributed by atoms with Crippen LogP contribution < -0.4 is 10.6 Å². The predicted octanol–water partition coefficient (Wildman–Crippen LogP) is 1.01. The largest absolute Gasteiger partial charge is 0.312 e. The number of nitrogens with zero attached hydrogens (tertiary/aromatic N) is 1. The molecule has 1 aromatic rings. The van der Waals surface area contributed by atoms with Gasteiger partial charge in [-0.3, -0.25) is 9.89 Å². The first-order valence-electron chi connectivity index (χ1n) is 5.92. The molecule has 2 rings (SSSR count). The van der Waals surface area contributed by atoms with Crippen LogP contribution in [0.5, 0.6) is 0 Å². The fourth-order valence-electron chi connectivity index (χ4n) is 1.85. The van der Waals surface area contributed by atoms with Gasteiger partial charge in [-0.15, -0.1) is 0 Å². The molecule has 0 radical (unpaired) electrons. The highest BCUT2D eigenvalue weighted by atomic mass is 32.2. The molecule has 1 unspecified atom stereocenters. The van der Waals surface area contributed by atoms with E-state index in [0.29, 0.717) is 12.5 Å². The van der Waals surface area contributed by atoms with Gasteiger partial charge in [0.25, 0.3) is 0 Å². The Morgan fingerprint density at radius 3 is 3.29 bits per heavy atom. The van der Waals surface area contributed by atoms with Crippen LogP contribution in [-0.2, 0) is 11.2 Å². The molecule has 5 nitrogen and oxygen atoms in total. The number of nitrogens with one attached hydrogen (secondary N) is 3. The maximum absolute atomic E-state index is 11.8. The van der Waals surface area contributed by atoms with Crippen molar-refractivity contribution in [2.75, 3.05) is 23.4 Å². The van der Waals surface area contributed by atoms with Gasteiger partial charge in [-0.2, -0.15) is 16.9 Å². The van der Waals surface area contributed by atoms with Gasteiger partial charge >= 0.3 is 0 Å². The molecule has 3 N–H and O–H groups in total. The number of hydrogen-bond acceptors (Lipinski definition) is 4. The average molecular weight is 254 g/mol. The summed E-state index contributed by atoms with van der Waals surface area (Å²) in [6.07, 6.45) is 3.14. The Morgan fingerprint density at radius 2 is 2.59 bits per heavy atom. The van der Waals surface area contributed by atoms with Gasteiger partial charge in [0.15, 0.2) is 0 Å². The first-order chi connectivity index (χ1) is 8.29. The van der Waals surface area contributed by atoms with E-state index in [-0.39, 0.29) is 5.91 Å². The highest BCUT2D eigenvalue weighted by molar-refractivity contribution is 7.99. The number of aromatic amines is 1. The van der Waals surface area contributed by atoms with Crippen molar-refractivity contribution in [3.05, 3.63) is 11.8 Å². The summed E-state index contributed by atoms with van der Waals surface area (Å²) >= 11 is 1.90. The third-order valence-electron chi connectivity index (χ3n) is 2.79. The van der Waals surface area contributed by atoms with E-state index in [1.807, 2.05) is 18.7 Å². The molecule has 1 amide bonds. The maximum Gasteiger partial charge on any atom is 0.227 e. The number of aromatic nitrogens is 2. The molecule has 0 bridgehead atoms. The van der Waals surface area contributed by atoms with Gasteiger partial charge in [0.05, 0.1) is 6.20 Å². The molecular weight excluding hydrogens is 236 g/mol. The Balaban J connectivity index is 1.84. The first-order valence-corrected chi connectivity index (χ1v) is 7.08. The standard InChI is InChI=1S/C11H18N4OS/c1-2-8-6-13-15-11(8)14-10(16)5-9-7-17-4-3-12-9/h6,9,12H,2-5,7H2,1H3,(H2,13,14,15,16). The first kappa shape index (κ1) is 12.4. The van der Waals surface area contributed by atoms with Crippen LogP contribution in [0.1, 0.15) is 18.9 Å². The number of thioether (sulfide) groups is 1. The molecule has 0 saturated carbocycles. The summed E-state index contributed by atoms with van der Waals surface area (Å²) < 4.78 is 0. The molecule has 0 spiro atoms. The summed E-state index contributed by atoms with van der Waals surface area (Å²) in [5, 5.41) is 13.0. The smallest absolute Gasteiger partial charge is 0.227 e. The van der Waals surface area contributed by atoms with Gasteiger partial charge in [0.1, 0.15) is 5.82 Å². The topological polar surface area (TPSA) is 69.8 Å². The van der Waals surface area contributed by atoms with Crippen LogP contribution in [0, 0.1) is 0 Å². The minimum Gasteiger partial charge on any atom is -0.312 e. The van der Waals surface area contributed by atoms with Crippen LogP contribution in [0.25, 0.3) is 0 Å². The summed E-state index contributed by atoms with van der Waals surface area (Å²) in [6.45, 7) is 3.03. The van der Waals surface area contributed by atoms with E-state index in [1.54, 1.807) is 6.20 Å². The predicted molar refractivity (Wildman–Crippen MR) is 70.3 cm³/mol. The third kappa shape index (κ3) is 3.47. The number of anilines is 1. The van der Waals surface area contributed by atoms with E-state index in [0.717, 1.165) is 35.9 Å². The molecule has 1 aliphatic rings. The molecule has 1 fully saturated rings. The number of hydrogen-bond donors (Lipinski definition) is 3. The number of amides is 1. The molecule has 1 saturated heterocycles. The zero-order valence-electron chi connectivity index (χ0n) is 9.95. The number of rotatable bonds is 4. The lowest BCUT2D eigenvalue weighted by Gasteiger charge is -2.22. The van der Waals surface area contributed by atoms with E-state index >= 15 is 0 Å². The molecule has 1 atom stereocenters. The van der Waals surface area contributed by atoms with Crippen molar-refractivity contribution < 1.29 is 4.79 Å². The normalized spacial score (nSPS) is 20.2. The lowest BCUT2D eigenvalue weighted by Crippen LogP contribution is -2.40. The summed E-state index contributed by atoms with van der Waals surface area (Å²) in [6, 6.07) is 0.293. The van der Waals surface area contributed by atoms with E-state index in [1.165, 1.54) is 0 Å². The van der Waals surface area contributed by atoms with Gasteiger partial charge in [-0.1, -0.05) is 6.92 Å². The second-order valence-corrected chi connectivity index (χ2v) is 5.25. The van der Waals surface area contributed by atoms with E-state index in [4.69, 9.17) is 0 Å². The SMILES string of the molecule is CCc1cn[nH]c1NC(=O)CC1CSCCN1. The van der Waals surface area contributed by atoms with Crippen LogP contribution in [0.2, 0.25) is 0 Å². The average Bonchev–Trinajstić information content (AvgIpc) is 2.77. The number of H-pyrrole nitrogens is 1.